The maximum Gasteiger partial charge on any atom is 0.274 e. The molecule has 3 heterocycles. The van der Waals surface area contributed by atoms with Crippen LogP contribution in [0.15, 0.2) is 72.7 Å². The molecule has 6 bridgehead atoms. The Bertz CT molecular complexity index is 1220. The molecular formula is C24H21ClN6O. The van der Waals surface area contributed by atoms with E-state index in [1.165, 1.54) is 0 Å². The van der Waals surface area contributed by atoms with E-state index in [4.69, 9.17) is 11.6 Å². The van der Waals surface area contributed by atoms with Crippen molar-refractivity contribution in [2.24, 2.45) is 5.92 Å². The van der Waals surface area contributed by atoms with E-state index < -0.39 is 0 Å². The van der Waals surface area contributed by atoms with Crippen LogP contribution in [0.5, 0.6) is 0 Å². The topological polar surface area (TPSA) is 91.8 Å². The van der Waals surface area contributed by atoms with Gasteiger partial charge in [0.2, 0.25) is 5.95 Å². The van der Waals surface area contributed by atoms with Gasteiger partial charge in [-0.3, -0.25) is 9.78 Å². The number of fused-ring (bicyclic) bond motifs is 6. The largest absolute Gasteiger partial charge is 0.339 e. The van der Waals surface area contributed by atoms with E-state index in [0.717, 1.165) is 41.9 Å². The summed E-state index contributed by atoms with van der Waals surface area (Å²) in [6, 6.07) is 11.1. The van der Waals surface area contributed by atoms with E-state index in [1.807, 2.05) is 24.3 Å². The maximum atomic E-state index is 12.7. The lowest BCUT2D eigenvalue weighted by molar-refractivity contribution is 0.102. The first-order chi connectivity index (χ1) is 15.6. The zero-order chi connectivity index (χ0) is 21.9. The molecule has 32 heavy (non-hydrogen) atoms. The summed E-state index contributed by atoms with van der Waals surface area (Å²) in [7, 11) is 0. The van der Waals surface area contributed by atoms with Crippen LogP contribution in [0.4, 0.5) is 23.1 Å². The molecule has 5 rings (SSSR count). The van der Waals surface area contributed by atoms with Crippen LogP contribution in [0.1, 0.15) is 28.9 Å². The Balaban J connectivity index is 1.50. The second-order valence-corrected chi connectivity index (χ2v) is 8.17. The number of rotatable bonds is 2. The average molecular weight is 445 g/mol. The van der Waals surface area contributed by atoms with Crippen LogP contribution in [0.3, 0.4) is 0 Å². The molecule has 0 saturated carbocycles. The first-order valence-corrected chi connectivity index (χ1v) is 10.8. The van der Waals surface area contributed by atoms with E-state index in [1.54, 1.807) is 30.6 Å². The number of nitrogens with one attached hydrogen (secondary N) is 3. The highest BCUT2D eigenvalue weighted by molar-refractivity contribution is 6.32. The van der Waals surface area contributed by atoms with Crippen molar-refractivity contribution in [1.82, 2.24) is 15.0 Å². The Hall–Kier alpha value is -3.71. The fourth-order valence-corrected chi connectivity index (χ4v) is 4.00. The number of nitrogens with zero attached hydrogens (tertiary/aromatic N) is 3. The molecule has 3 aromatic rings. The van der Waals surface area contributed by atoms with Gasteiger partial charge in [0.1, 0.15) is 10.7 Å². The number of aromatic nitrogens is 3. The molecule has 1 amide bonds. The zero-order valence-corrected chi connectivity index (χ0v) is 17.9. The van der Waals surface area contributed by atoms with Gasteiger partial charge >= 0.3 is 0 Å². The molecule has 0 radical (unpaired) electrons. The normalized spacial score (nSPS) is 16.9. The van der Waals surface area contributed by atoms with Gasteiger partial charge in [-0.05, 0) is 67.2 Å². The van der Waals surface area contributed by atoms with Crippen LogP contribution < -0.4 is 16.0 Å². The molecule has 1 aromatic carbocycles. The summed E-state index contributed by atoms with van der Waals surface area (Å²) >= 11 is 6.33. The maximum absolute atomic E-state index is 12.7. The SMILES string of the molecule is O=C(Nc1ccc2cc1CCC1C=CC=C(C1)Nc1ncc(Cl)c(n1)N2)c1ccccn1. The zero-order valence-electron chi connectivity index (χ0n) is 17.2. The molecule has 0 spiro atoms. The number of anilines is 4. The number of benzene rings is 1. The molecule has 1 atom stereocenters. The molecule has 1 aliphatic heterocycles. The second-order valence-electron chi connectivity index (χ2n) is 7.76. The van der Waals surface area contributed by atoms with Crippen LogP contribution in [-0.2, 0) is 6.42 Å². The van der Waals surface area contributed by atoms with Gasteiger partial charge in [-0.25, -0.2) is 4.98 Å². The van der Waals surface area contributed by atoms with Crippen molar-refractivity contribution in [2.75, 3.05) is 16.0 Å². The number of carbonyl (C=O) groups is 1. The Morgan fingerprint density at radius 2 is 2.09 bits per heavy atom. The van der Waals surface area contributed by atoms with Gasteiger partial charge in [0.05, 0.1) is 6.20 Å². The quantitative estimate of drug-likeness (QED) is 0.494. The van der Waals surface area contributed by atoms with Crippen molar-refractivity contribution in [3.05, 3.63) is 89.0 Å². The molecule has 1 unspecified atom stereocenters. The van der Waals surface area contributed by atoms with E-state index >= 15 is 0 Å². The summed E-state index contributed by atoms with van der Waals surface area (Å²) in [5.41, 5.74) is 4.06. The predicted octanol–water partition coefficient (Wildman–Crippen LogP) is 5.34. The summed E-state index contributed by atoms with van der Waals surface area (Å²) in [4.78, 5) is 25.7. The third kappa shape index (κ3) is 4.48. The van der Waals surface area contributed by atoms with Crippen molar-refractivity contribution < 1.29 is 4.79 Å². The van der Waals surface area contributed by atoms with Crippen molar-refractivity contribution in [3.8, 4) is 0 Å². The monoisotopic (exact) mass is 444 g/mol. The highest BCUT2D eigenvalue weighted by Gasteiger charge is 2.17. The number of pyridine rings is 1. The minimum absolute atomic E-state index is 0.235. The van der Waals surface area contributed by atoms with Gasteiger partial charge in [0.15, 0.2) is 5.82 Å². The Labute approximate surface area is 190 Å². The van der Waals surface area contributed by atoms with Gasteiger partial charge < -0.3 is 16.0 Å². The molecule has 3 N–H and O–H groups in total. The minimum atomic E-state index is -0.235. The Morgan fingerprint density at radius 1 is 1.16 bits per heavy atom. The number of allylic oxidation sites excluding steroid dienone is 4. The van der Waals surface area contributed by atoms with Crippen LogP contribution in [0.2, 0.25) is 5.02 Å². The molecule has 2 aliphatic rings. The van der Waals surface area contributed by atoms with Crippen LogP contribution in [-0.4, -0.2) is 20.9 Å². The lowest BCUT2D eigenvalue weighted by Gasteiger charge is -2.20. The first kappa shape index (κ1) is 20.2. The molecule has 8 heteroatoms. The smallest absolute Gasteiger partial charge is 0.274 e. The van der Waals surface area contributed by atoms with Gasteiger partial charge in [0.25, 0.3) is 5.91 Å². The van der Waals surface area contributed by atoms with Gasteiger partial charge in [0, 0.05) is 23.3 Å². The van der Waals surface area contributed by atoms with E-state index in [0.29, 0.717) is 28.4 Å². The molecule has 160 valence electrons. The highest BCUT2D eigenvalue weighted by atomic mass is 35.5. The average Bonchev–Trinajstić information content (AvgIpc) is 2.82. The minimum Gasteiger partial charge on any atom is -0.339 e. The van der Waals surface area contributed by atoms with E-state index in [-0.39, 0.29) is 5.91 Å². The molecule has 0 fully saturated rings. The summed E-state index contributed by atoms with van der Waals surface area (Å²) in [5, 5.41) is 10.0. The van der Waals surface area contributed by atoms with E-state index in [9.17, 15) is 4.79 Å². The van der Waals surface area contributed by atoms with Crippen molar-refractivity contribution in [1.29, 1.82) is 0 Å². The van der Waals surface area contributed by atoms with Gasteiger partial charge in [-0.2, -0.15) is 4.98 Å². The number of carbonyl (C=O) groups excluding carboxylic acids is 1. The third-order valence-electron chi connectivity index (χ3n) is 5.48. The Kier molecular flexibility index (Phi) is 5.56. The second kappa shape index (κ2) is 8.80. The van der Waals surface area contributed by atoms with Crippen molar-refractivity contribution in [3.63, 3.8) is 0 Å². The van der Waals surface area contributed by atoms with Gasteiger partial charge in [-0.1, -0.05) is 29.8 Å². The fraction of sp³-hybridized carbons (Fsp3) is 0.167. The lowest BCUT2D eigenvalue weighted by Crippen LogP contribution is -2.15. The molecular weight excluding hydrogens is 424 g/mol. The van der Waals surface area contributed by atoms with Crippen LogP contribution in [0, 0.1) is 5.92 Å². The van der Waals surface area contributed by atoms with Crippen molar-refractivity contribution >= 4 is 40.6 Å². The Morgan fingerprint density at radius 3 is 2.97 bits per heavy atom. The highest BCUT2D eigenvalue weighted by Crippen LogP contribution is 2.31. The summed E-state index contributed by atoms with van der Waals surface area (Å²) in [6.45, 7) is 0. The standard InChI is InChI=1S/C24H21ClN6O/c25-19-14-27-24-29-17-5-3-4-15(12-17)7-8-16-13-18(28-22(19)31-24)9-10-20(16)30-23(32)21-6-1-2-11-26-21/h1-6,9-11,13-15H,7-8,12H2,(H,30,32)(H2,27,28,29,31). The summed E-state index contributed by atoms with van der Waals surface area (Å²) in [6.07, 6.45) is 12.1. The fourth-order valence-electron chi connectivity index (χ4n) is 3.86. The molecule has 2 aromatic heterocycles. The van der Waals surface area contributed by atoms with E-state index in [2.05, 4.69) is 43.1 Å². The van der Waals surface area contributed by atoms with Crippen LogP contribution in [0.25, 0.3) is 0 Å². The first-order valence-electron chi connectivity index (χ1n) is 10.4. The number of halogens is 1. The van der Waals surface area contributed by atoms with Crippen LogP contribution >= 0.6 is 11.6 Å². The lowest BCUT2D eigenvalue weighted by atomic mass is 9.91. The predicted molar refractivity (Wildman–Crippen MR) is 126 cm³/mol. The number of hydrogen-bond donors (Lipinski definition) is 3. The summed E-state index contributed by atoms with van der Waals surface area (Å²) < 4.78 is 0. The summed E-state index contributed by atoms with van der Waals surface area (Å²) in [5.74, 6) is 1.14. The third-order valence-corrected chi connectivity index (χ3v) is 5.75. The molecule has 0 saturated heterocycles. The van der Waals surface area contributed by atoms with Gasteiger partial charge in [-0.15, -0.1) is 0 Å². The number of hydrogen-bond acceptors (Lipinski definition) is 6. The van der Waals surface area contributed by atoms with Crippen molar-refractivity contribution in [2.45, 2.75) is 19.3 Å². The molecule has 1 aliphatic carbocycles. The number of amides is 1. The number of aryl methyl sites for hydroxylation is 1. The molecule has 7 nitrogen and oxygen atoms in total.